The van der Waals surface area contributed by atoms with Crippen LogP contribution in [0.1, 0.15) is 23.3 Å². The van der Waals surface area contributed by atoms with Crippen molar-refractivity contribution in [2.24, 2.45) is 5.92 Å². The Kier molecular flexibility index (Phi) is 3.38. The van der Waals surface area contributed by atoms with Gasteiger partial charge in [-0.2, -0.15) is 0 Å². The number of aromatic carboxylic acids is 1. The van der Waals surface area contributed by atoms with Crippen LogP contribution >= 0.6 is 0 Å². The Bertz CT molecular complexity index is 448. The van der Waals surface area contributed by atoms with E-state index in [2.05, 4.69) is 14.8 Å². The van der Waals surface area contributed by atoms with Crippen LogP contribution in [0, 0.1) is 5.92 Å². The van der Waals surface area contributed by atoms with Gasteiger partial charge in [0, 0.05) is 32.7 Å². The fraction of sp³-hybridized carbons (Fsp3) is 0.571. The minimum atomic E-state index is -0.971. The van der Waals surface area contributed by atoms with Crippen molar-refractivity contribution in [3.8, 4) is 0 Å². The predicted molar refractivity (Wildman–Crippen MR) is 72.6 cm³/mol. The highest BCUT2D eigenvalue weighted by Gasteiger charge is 2.26. The molecule has 2 aliphatic rings. The number of anilines is 1. The van der Waals surface area contributed by atoms with E-state index in [1.165, 1.54) is 19.4 Å². The first-order valence-electron chi connectivity index (χ1n) is 6.89. The van der Waals surface area contributed by atoms with Crippen LogP contribution in [0.3, 0.4) is 0 Å². The van der Waals surface area contributed by atoms with Crippen molar-refractivity contribution >= 4 is 11.7 Å². The molecular weight excluding hydrogens is 242 g/mol. The number of nitrogens with zero attached hydrogens (tertiary/aromatic N) is 3. The molecular formula is C14H19N3O2. The van der Waals surface area contributed by atoms with Crippen LogP contribution in [0.4, 0.5) is 5.69 Å². The average Bonchev–Trinajstić information content (AvgIpc) is 3.24. The lowest BCUT2D eigenvalue weighted by Crippen LogP contribution is -2.47. The summed E-state index contributed by atoms with van der Waals surface area (Å²) < 4.78 is 0. The van der Waals surface area contributed by atoms with Crippen molar-refractivity contribution in [3.05, 3.63) is 24.0 Å². The summed E-state index contributed by atoms with van der Waals surface area (Å²) in [6, 6.07) is 3.43. The lowest BCUT2D eigenvalue weighted by atomic mass is 10.2. The highest BCUT2D eigenvalue weighted by atomic mass is 16.4. The average molecular weight is 261 g/mol. The Hall–Kier alpha value is -1.62. The molecule has 1 aliphatic heterocycles. The van der Waals surface area contributed by atoms with Crippen molar-refractivity contribution < 1.29 is 9.90 Å². The molecule has 2 heterocycles. The van der Waals surface area contributed by atoms with Gasteiger partial charge in [0.25, 0.3) is 0 Å². The number of carboxylic acid groups (broad SMARTS) is 1. The number of piperazine rings is 1. The quantitative estimate of drug-likeness (QED) is 0.885. The summed E-state index contributed by atoms with van der Waals surface area (Å²) in [5.74, 6) is -0.0242. The molecule has 1 saturated heterocycles. The smallest absolute Gasteiger partial charge is 0.354 e. The number of carbonyl (C=O) groups is 1. The van der Waals surface area contributed by atoms with Gasteiger partial charge < -0.3 is 10.0 Å². The summed E-state index contributed by atoms with van der Waals surface area (Å²) in [4.78, 5) is 19.5. The molecule has 0 spiro atoms. The van der Waals surface area contributed by atoms with E-state index in [4.69, 9.17) is 5.11 Å². The highest BCUT2D eigenvalue weighted by Crippen LogP contribution is 2.30. The molecule has 1 aromatic heterocycles. The third-order valence-electron chi connectivity index (χ3n) is 3.92. The molecule has 5 nitrogen and oxygen atoms in total. The number of pyridine rings is 1. The molecule has 0 bridgehead atoms. The Morgan fingerprint density at radius 1 is 1.26 bits per heavy atom. The first-order chi connectivity index (χ1) is 9.22. The van der Waals surface area contributed by atoms with Crippen molar-refractivity contribution in [1.82, 2.24) is 9.88 Å². The largest absolute Gasteiger partial charge is 0.477 e. The van der Waals surface area contributed by atoms with Gasteiger partial charge in [0.1, 0.15) is 5.69 Å². The molecule has 3 rings (SSSR count). The molecule has 0 radical (unpaired) electrons. The van der Waals surface area contributed by atoms with Crippen molar-refractivity contribution in [2.45, 2.75) is 12.8 Å². The van der Waals surface area contributed by atoms with E-state index < -0.39 is 5.97 Å². The highest BCUT2D eigenvalue weighted by molar-refractivity contribution is 5.85. The Morgan fingerprint density at radius 2 is 2.00 bits per heavy atom. The monoisotopic (exact) mass is 261 g/mol. The molecule has 0 unspecified atom stereocenters. The third kappa shape index (κ3) is 3.04. The second-order valence-electron chi connectivity index (χ2n) is 5.44. The number of aromatic nitrogens is 1. The second kappa shape index (κ2) is 5.17. The van der Waals surface area contributed by atoms with Crippen molar-refractivity contribution in [1.29, 1.82) is 0 Å². The van der Waals surface area contributed by atoms with Crippen molar-refractivity contribution in [2.75, 3.05) is 37.6 Å². The lowest BCUT2D eigenvalue weighted by Gasteiger charge is -2.36. The molecule has 0 amide bonds. The summed E-state index contributed by atoms with van der Waals surface area (Å²) in [5.41, 5.74) is 1.13. The van der Waals surface area contributed by atoms with E-state index >= 15 is 0 Å². The zero-order valence-electron chi connectivity index (χ0n) is 11.0. The fourth-order valence-electron chi connectivity index (χ4n) is 2.55. The molecule has 102 valence electrons. The molecule has 0 aromatic carbocycles. The first kappa shape index (κ1) is 12.4. The summed E-state index contributed by atoms with van der Waals surface area (Å²) >= 11 is 0. The van der Waals surface area contributed by atoms with E-state index in [9.17, 15) is 4.79 Å². The predicted octanol–water partition coefficient (Wildman–Crippen LogP) is 1.31. The zero-order chi connectivity index (χ0) is 13.2. The van der Waals surface area contributed by atoms with E-state index in [1.54, 1.807) is 12.3 Å². The molecule has 1 saturated carbocycles. The first-order valence-corrected chi connectivity index (χ1v) is 6.89. The molecule has 1 aliphatic carbocycles. The molecule has 1 N–H and O–H groups in total. The van der Waals surface area contributed by atoms with Gasteiger partial charge in [0.2, 0.25) is 0 Å². The van der Waals surface area contributed by atoms with E-state index in [1.807, 2.05) is 6.07 Å². The van der Waals surface area contributed by atoms with Gasteiger partial charge in [-0.15, -0.1) is 0 Å². The van der Waals surface area contributed by atoms with Gasteiger partial charge >= 0.3 is 5.97 Å². The number of carboxylic acids is 1. The Balaban J connectivity index is 1.56. The molecule has 2 fully saturated rings. The fourth-order valence-corrected chi connectivity index (χ4v) is 2.55. The molecule has 19 heavy (non-hydrogen) atoms. The third-order valence-corrected chi connectivity index (χ3v) is 3.92. The number of rotatable bonds is 4. The standard InChI is InChI=1S/C14H19N3O2/c18-14(19)13-4-3-12(9-15-13)17-7-5-16(6-8-17)10-11-1-2-11/h3-4,9,11H,1-2,5-8,10H2,(H,18,19). The minimum Gasteiger partial charge on any atom is -0.477 e. The van der Waals surface area contributed by atoms with Gasteiger partial charge in [-0.3, -0.25) is 4.90 Å². The van der Waals surface area contributed by atoms with Crippen LogP contribution in [-0.2, 0) is 0 Å². The van der Waals surface area contributed by atoms with Crippen LogP contribution in [-0.4, -0.2) is 53.7 Å². The van der Waals surface area contributed by atoms with E-state index in [0.717, 1.165) is 37.8 Å². The lowest BCUT2D eigenvalue weighted by molar-refractivity contribution is 0.0690. The molecule has 5 heteroatoms. The van der Waals surface area contributed by atoms with Crippen LogP contribution in [0.5, 0.6) is 0 Å². The molecule has 0 atom stereocenters. The maximum atomic E-state index is 10.8. The van der Waals surface area contributed by atoms with E-state index in [0.29, 0.717) is 0 Å². The van der Waals surface area contributed by atoms with Gasteiger partial charge in [0.15, 0.2) is 0 Å². The topological polar surface area (TPSA) is 56.7 Å². The summed E-state index contributed by atoms with van der Waals surface area (Å²) in [5, 5.41) is 8.83. The zero-order valence-corrected chi connectivity index (χ0v) is 11.0. The second-order valence-corrected chi connectivity index (χ2v) is 5.44. The Labute approximate surface area is 112 Å². The van der Waals surface area contributed by atoms with Crippen LogP contribution in [0.25, 0.3) is 0 Å². The Morgan fingerprint density at radius 3 is 2.53 bits per heavy atom. The maximum absolute atomic E-state index is 10.8. The van der Waals surface area contributed by atoms with Gasteiger partial charge in [0.05, 0.1) is 11.9 Å². The number of hydrogen-bond acceptors (Lipinski definition) is 4. The molecule has 1 aromatic rings. The van der Waals surface area contributed by atoms with Gasteiger partial charge in [-0.1, -0.05) is 0 Å². The normalized spacial score (nSPS) is 20.5. The summed E-state index contributed by atoms with van der Waals surface area (Å²) in [6.07, 6.45) is 4.47. The van der Waals surface area contributed by atoms with Gasteiger partial charge in [-0.25, -0.2) is 9.78 Å². The minimum absolute atomic E-state index is 0.108. The van der Waals surface area contributed by atoms with Crippen molar-refractivity contribution in [3.63, 3.8) is 0 Å². The number of hydrogen-bond donors (Lipinski definition) is 1. The van der Waals surface area contributed by atoms with Crippen LogP contribution in [0.15, 0.2) is 18.3 Å². The van der Waals surface area contributed by atoms with Crippen LogP contribution < -0.4 is 4.90 Å². The SMILES string of the molecule is O=C(O)c1ccc(N2CCN(CC3CC3)CC2)cn1. The van der Waals surface area contributed by atoms with Gasteiger partial charge in [-0.05, 0) is 30.9 Å². The van der Waals surface area contributed by atoms with Crippen LogP contribution in [0.2, 0.25) is 0 Å². The maximum Gasteiger partial charge on any atom is 0.354 e. The summed E-state index contributed by atoms with van der Waals surface area (Å²) in [6.45, 7) is 5.44. The summed E-state index contributed by atoms with van der Waals surface area (Å²) in [7, 11) is 0. The van der Waals surface area contributed by atoms with E-state index in [-0.39, 0.29) is 5.69 Å².